The molecule has 1 aromatic carbocycles. The van der Waals surface area contributed by atoms with Gasteiger partial charge in [0.15, 0.2) is 11.5 Å². The Bertz CT molecular complexity index is 1340. The molecule has 0 saturated heterocycles. The second-order valence-corrected chi connectivity index (χ2v) is 6.80. The van der Waals surface area contributed by atoms with E-state index in [1.165, 1.54) is 18.5 Å². The summed E-state index contributed by atoms with van der Waals surface area (Å²) in [6, 6.07) is 8.14. The Kier molecular flexibility index (Phi) is 3.94. The Morgan fingerprint density at radius 3 is 2.90 bits per heavy atom. The molecular weight excluding hydrogens is 371 g/mol. The number of aromatic nitrogens is 7. The molecule has 0 aliphatic heterocycles. The first-order chi connectivity index (χ1) is 14.1. The summed E-state index contributed by atoms with van der Waals surface area (Å²) in [4.78, 5) is 24.9. The van der Waals surface area contributed by atoms with Crippen LogP contribution in [-0.2, 0) is 0 Å². The van der Waals surface area contributed by atoms with Gasteiger partial charge in [0.1, 0.15) is 29.6 Å². The highest BCUT2D eigenvalue weighted by Crippen LogP contribution is 2.31. The van der Waals surface area contributed by atoms with Gasteiger partial charge in [-0.15, -0.1) is 0 Å². The maximum atomic E-state index is 14.0. The second-order valence-electron chi connectivity index (χ2n) is 6.80. The van der Waals surface area contributed by atoms with Crippen molar-refractivity contribution in [2.75, 3.05) is 5.32 Å². The van der Waals surface area contributed by atoms with Crippen LogP contribution < -0.4 is 5.32 Å². The van der Waals surface area contributed by atoms with E-state index in [2.05, 4.69) is 30.2 Å². The molecule has 0 radical (unpaired) electrons. The summed E-state index contributed by atoms with van der Waals surface area (Å²) in [6.07, 6.45) is 4.75. The van der Waals surface area contributed by atoms with Gasteiger partial charge >= 0.3 is 0 Å². The van der Waals surface area contributed by atoms with Gasteiger partial charge in [-0.25, -0.2) is 29.3 Å². The lowest BCUT2D eigenvalue weighted by atomic mass is 10.1. The maximum Gasteiger partial charge on any atom is 0.182 e. The van der Waals surface area contributed by atoms with Crippen molar-refractivity contribution in [3.63, 3.8) is 0 Å². The Morgan fingerprint density at radius 2 is 2.03 bits per heavy atom. The number of H-pyrrole nitrogens is 1. The fraction of sp³-hybridized carbons (Fsp3) is 0.150. The Balaban J connectivity index is 1.65. The van der Waals surface area contributed by atoms with Crippen LogP contribution in [0.25, 0.3) is 28.1 Å². The summed E-state index contributed by atoms with van der Waals surface area (Å²) < 4.78 is 15.8. The summed E-state index contributed by atoms with van der Waals surface area (Å²) >= 11 is 0. The van der Waals surface area contributed by atoms with Crippen molar-refractivity contribution < 1.29 is 4.39 Å². The number of benzene rings is 1. The van der Waals surface area contributed by atoms with Crippen molar-refractivity contribution in [3.05, 3.63) is 66.5 Å². The van der Waals surface area contributed by atoms with Crippen molar-refractivity contribution in [3.8, 4) is 11.3 Å². The van der Waals surface area contributed by atoms with E-state index in [0.717, 1.165) is 28.3 Å². The van der Waals surface area contributed by atoms with Gasteiger partial charge < -0.3 is 10.3 Å². The Hall–Kier alpha value is -3.88. The van der Waals surface area contributed by atoms with Crippen LogP contribution in [0.4, 0.5) is 10.2 Å². The highest BCUT2D eigenvalue weighted by atomic mass is 19.1. The van der Waals surface area contributed by atoms with E-state index in [1.807, 2.05) is 30.4 Å². The van der Waals surface area contributed by atoms with Crippen LogP contribution in [0.3, 0.4) is 0 Å². The largest absolute Gasteiger partial charge is 0.360 e. The summed E-state index contributed by atoms with van der Waals surface area (Å²) in [5.41, 5.74) is 5.16. The van der Waals surface area contributed by atoms with Gasteiger partial charge in [-0.3, -0.25) is 4.40 Å². The SMILES string of the molecule is Cc1cc2nc(C(C)Nc3ncnc4nc[nH]c34)c(-c3cccc(F)c3)n2cn1. The molecule has 2 N–H and O–H groups in total. The highest BCUT2D eigenvalue weighted by molar-refractivity contribution is 5.82. The molecule has 0 bridgehead atoms. The number of nitrogens with zero attached hydrogens (tertiary/aromatic N) is 6. The number of aryl methyl sites for hydroxylation is 1. The van der Waals surface area contributed by atoms with Crippen LogP contribution in [0.2, 0.25) is 0 Å². The third-order valence-electron chi connectivity index (χ3n) is 4.76. The minimum Gasteiger partial charge on any atom is -0.360 e. The molecule has 0 aliphatic rings. The minimum atomic E-state index is -0.306. The Morgan fingerprint density at radius 1 is 1.14 bits per heavy atom. The topological polar surface area (TPSA) is 96.7 Å². The molecule has 5 aromatic rings. The first kappa shape index (κ1) is 17.2. The summed E-state index contributed by atoms with van der Waals surface area (Å²) in [7, 11) is 0. The average Bonchev–Trinajstić information content (AvgIpc) is 3.32. The second kappa shape index (κ2) is 6.62. The number of anilines is 1. The number of nitrogens with one attached hydrogen (secondary N) is 2. The normalized spacial score (nSPS) is 12.5. The van der Waals surface area contributed by atoms with Crippen molar-refractivity contribution in [1.29, 1.82) is 0 Å². The molecule has 144 valence electrons. The number of rotatable bonds is 4. The van der Waals surface area contributed by atoms with Crippen LogP contribution in [0.1, 0.15) is 24.4 Å². The van der Waals surface area contributed by atoms with E-state index in [9.17, 15) is 4.39 Å². The third-order valence-corrected chi connectivity index (χ3v) is 4.76. The molecule has 0 amide bonds. The highest BCUT2D eigenvalue weighted by Gasteiger charge is 2.21. The molecule has 9 heteroatoms. The van der Waals surface area contributed by atoms with Gasteiger partial charge in [-0.05, 0) is 26.0 Å². The minimum absolute atomic E-state index is 0.227. The number of hydrogen-bond donors (Lipinski definition) is 2. The predicted molar refractivity (Wildman–Crippen MR) is 107 cm³/mol. The summed E-state index contributed by atoms with van der Waals surface area (Å²) in [5, 5.41) is 3.38. The zero-order chi connectivity index (χ0) is 20.0. The first-order valence-electron chi connectivity index (χ1n) is 9.11. The van der Waals surface area contributed by atoms with Crippen molar-refractivity contribution in [2.45, 2.75) is 19.9 Å². The first-order valence-corrected chi connectivity index (χ1v) is 9.11. The van der Waals surface area contributed by atoms with Crippen molar-refractivity contribution in [2.24, 2.45) is 0 Å². The lowest BCUT2D eigenvalue weighted by molar-refractivity contribution is 0.628. The molecule has 0 spiro atoms. The molecule has 4 aromatic heterocycles. The molecule has 0 fully saturated rings. The quantitative estimate of drug-likeness (QED) is 0.487. The smallest absolute Gasteiger partial charge is 0.182 e. The predicted octanol–water partition coefficient (Wildman–Crippen LogP) is 3.68. The van der Waals surface area contributed by atoms with E-state index >= 15 is 0 Å². The van der Waals surface area contributed by atoms with E-state index < -0.39 is 0 Å². The summed E-state index contributed by atoms with van der Waals surface area (Å²) in [6.45, 7) is 3.89. The van der Waals surface area contributed by atoms with Gasteiger partial charge in [0.2, 0.25) is 0 Å². The molecule has 0 aliphatic carbocycles. The van der Waals surface area contributed by atoms with E-state index in [1.54, 1.807) is 18.7 Å². The molecule has 1 atom stereocenters. The molecular formula is C20H17FN8. The van der Waals surface area contributed by atoms with Crippen LogP contribution in [-0.4, -0.2) is 34.3 Å². The van der Waals surface area contributed by atoms with E-state index in [-0.39, 0.29) is 11.9 Å². The molecule has 4 heterocycles. The number of imidazole rings is 2. The standard InChI is InChI=1S/C20H17FN8/c1-11-6-15-28-16(12(2)27-20-17-19(23-8-22-17)24-9-25-20)18(29(15)10-26-11)13-4-3-5-14(21)7-13/h3-10,12H,1-2H3,(H2,22,23,24,25,27). The van der Waals surface area contributed by atoms with Gasteiger partial charge in [0.05, 0.1) is 23.8 Å². The molecule has 8 nitrogen and oxygen atoms in total. The van der Waals surface area contributed by atoms with Crippen LogP contribution in [0.5, 0.6) is 0 Å². The van der Waals surface area contributed by atoms with Gasteiger partial charge in [0.25, 0.3) is 0 Å². The van der Waals surface area contributed by atoms with Crippen molar-refractivity contribution in [1.82, 2.24) is 34.3 Å². The third kappa shape index (κ3) is 2.96. The monoisotopic (exact) mass is 388 g/mol. The maximum absolute atomic E-state index is 14.0. The molecule has 1 unspecified atom stereocenters. The van der Waals surface area contributed by atoms with Gasteiger partial charge in [-0.1, -0.05) is 12.1 Å². The summed E-state index contributed by atoms with van der Waals surface area (Å²) in [5.74, 6) is 0.315. The van der Waals surface area contributed by atoms with E-state index in [4.69, 9.17) is 4.98 Å². The van der Waals surface area contributed by atoms with Gasteiger partial charge in [0, 0.05) is 17.3 Å². The zero-order valence-corrected chi connectivity index (χ0v) is 15.8. The van der Waals surface area contributed by atoms with Crippen LogP contribution in [0, 0.1) is 12.7 Å². The van der Waals surface area contributed by atoms with Gasteiger partial charge in [-0.2, -0.15) is 0 Å². The fourth-order valence-corrected chi connectivity index (χ4v) is 3.43. The molecule has 29 heavy (non-hydrogen) atoms. The number of hydrogen-bond acceptors (Lipinski definition) is 6. The number of aromatic amines is 1. The number of halogens is 1. The van der Waals surface area contributed by atoms with Crippen molar-refractivity contribution >= 4 is 22.6 Å². The molecule has 5 rings (SSSR count). The zero-order valence-electron chi connectivity index (χ0n) is 15.8. The van der Waals surface area contributed by atoms with Crippen LogP contribution >= 0.6 is 0 Å². The average molecular weight is 388 g/mol. The fourth-order valence-electron chi connectivity index (χ4n) is 3.43. The number of fused-ring (bicyclic) bond motifs is 2. The lowest BCUT2D eigenvalue weighted by Gasteiger charge is -2.15. The van der Waals surface area contributed by atoms with Crippen LogP contribution in [0.15, 0.2) is 49.3 Å². The molecule has 0 saturated carbocycles. The lowest BCUT2D eigenvalue weighted by Crippen LogP contribution is -2.10. The Labute approximate surface area is 164 Å². The van der Waals surface area contributed by atoms with E-state index in [0.29, 0.717) is 17.0 Å².